The smallest absolute Gasteiger partial charge is 0.0545 e. The van der Waals surface area contributed by atoms with E-state index < -0.39 is 0 Å². The number of hydrogen-bond donors (Lipinski definition) is 0. The molecule has 0 aromatic rings. The molecule has 0 rings (SSSR count). The van der Waals surface area contributed by atoms with Gasteiger partial charge in [0, 0.05) is 19.6 Å². The van der Waals surface area contributed by atoms with Crippen molar-refractivity contribution < 1.29 is 9.47 Å². The topological polar surface area (TPSA) is 18.5 Å². The van der Waals surface area contributed by atoms with Crippen LogP contribution in [0.3, 0.4) is 0 Å². The summed E-state index contributed by atoms with van der Waals surface area (Å²) in [7, 11) is 3.58. The maximum Gasteiger partial charge on any atom is 0.0545 e. The molecule has 0 heterocycles. The van der Waals surface area contributed by atoms with Gasteiger partial charge in [0.25, 0.3) is 0 Å². The van der Waals surface area contributed by atoms with Crippen molar-refractivity contribution in [3.8, 4) is 0 Å². The number of hydrogen-bond acceptors (Lipinski definition) is 2. The summed E-state index contributed by atoms with van der Waals surface area (Å²) in [5.74, 6) is 0. The van der Waals surface area contributed by atoms with Crippen LogP contribution in [-0.4, -0.2) is 27.4 Å². The fourth-order valence-corrected chi connectivity index (χ4v) is 2.26. The van der Waals surface area contributed by atoms with Gasteiger partial charge in [-0.15, -0.1) is 0 Å². The lowest BCUT2D eigenvalue weighted by Gasteiger charge is -2.44. The van der Waals surface area contributed by atoms with Crippen molar-refractivity contribution in [1.82, 2.24) is 0 Å². The zero-order valence-corrected chi connectivity index (χ0v) is 12.1. The number of unbranched alkanes of at least 4 members (excludes halogenated alkanes) is 2. The number of ether oxygens (including phenoxy) is 2. The molecule has 0 amide bonds. The molecule has 98 valence electrons. The molecule has 0 aromatic carbocycles. The van der Waals surface area contributed by atoms with Crippen LogP contribution in [-0.2, 0) is 9.47 Å². The van der Waals surface area contributed by atoms with Gasteiger partial charge in [0.15, 0.2) is 0 Å². The Morgan fingerprint density at radius 1 is 0.875 bits per heavy atom. The van der Waals surface area contributed by atoms with Crippen molar-refractivity contribution in [2.24, 2.45) is 10.8 Å². The Morgan fingerprint density at radius 2 is 1.38 bits per heavy atom. The monoisotopic (exact) mass is 230 g/mol. The van der Waals surface area contributed by atoms with E-state index in [0.717, 1.165) is 13.2 Å². The third kappa shape index (κ3) is 4.42. The fourth-order valence-electron chi connectivity index (χ4n) is 2.26. The van der Waals surface area contributed by atoms with E-state index in [4.69, 9.17) is 9.47 Å². The number of rotatable bonds is 8. The zero-order chi connectivity index (χ0) is 12.7. The van der Waals surface area contributed by atoms with Crippen molar-refractivity contribution in [2.75, 3.05) is 27.4 Å². The average Bonchev–Trinajstić information content (AvgIpc) is 2.17. The Bertz CT molecular complexity index is 164. The van der Waals surface area contributed by atoms with E-state index in [-0.39, 0.29) is 10.8 Å². The van der Waals surface area contributed by atoms with Crippen molar-refractivity contribution in [1.29, 1.82) is 0 Å². The molecule has 0 unspecified atom stereocenters. The summed E-state index contributed by atoms with van der Waals surface area (Å²) in [6.07, 6.45) is 5.01. The van der Waals surface area contributed by atoms with Crippen molar-refractivity contribution in [3.05, 3.63) is 0 Å². The van der Waals surface area contributed by atoms with Crippen LogP contribution in [0.25, 0.3) is 0 Å². The maximum absolute atomic E-state index is 5.44. The van der Waals surface area contributed by atoms with Gasteiger partial charge in [-0.25, -0.2) is 0 Å². The molecule has 2 heteroatoms. The molecule has 0 spiro atoms. The van der Waals surface area contributed by atoms with Gasteiger partial charge in [-0.05, 0) is 11.8 Å². The molecule has 0 bridgehead atoms. The summed E-state index contributed by atoms with van der Waals surface area (Å²) < 4.78 is 10.9. The van der Waals surface area contributed by atoms with E-state index in [1.807, 2.05) is 0 Å². The second kappa shape index (κ2) is 7.29. The Kier molecular flexibility index (Phi) is 7.25. The van der Waals surface area contributed by atoms with E-state index >= 15 is 0 Å². The summed E-state index contributed by atoms with van der Waals surface area (Å²) >= 11 is 0. The summed E-state index contributed by atoms with van der Waals surface area (Å²) in [5, 5.41) is 0. The highest BCUT2D eigenvalue weighted by atomic mass is 16.5. The molecule has 0 aliphatic rings. The van der Waals surface area contributed by atoms with Crippen molar-refractivity contribution in [3.63, 3.8) is 0 Å². The SMILES string of the molecule is CCCCCC(COC)(COC)C(C)(C)C. The van der Waals surface area contributed by atoms with Gasteiger partial charge in [0.2, 0.25) is 0 Å². The maximum atomic E-state index is 5.44. The van der Waals surface area contributed by atoms with Gasteiger partial charge >= 0.3 is 0 Å². The summed E-state index contributed by atoms with van der Waals surface area (Å²) in [6, 6.07) is 0. The standard InChI is InChI=1S/C14H30O2/c1-7-8-9-10-14(11-15-5,12-16-6)13(2,3)4/h7-12H2,1-6H3. The van der Waals surface area contributed by atoms with E-state index in [1.165, 1.54) is 25.7 Å². The van der Waals surface area contributed by atoms with E-state index in [9.17, 15) is 0 Å². The van der Waals surface area contributed by atoms with Crippen LogP contribution in [0.4, 0.5) is 0 Å². The van der Waals surface area contributed by atoms with Gasteiger partial charge in [-0.2, -0.15) is 0 Å². The summed E-state index contributed by atoms with van der Waals surface area (Å²) in [4.78, 5) is 0. The second-order valence-electron chi connectivity index (χ2n) is 5.85. The minimum atomic E-state index is 0.145. The van der Waals surface area contributed by atoms with Crippen LogP contribution in [0.15, 0.2) is 0 Å². The lowest BCUT2D eigenvalue weighted by atomic mass is 9.64. The quantitative estimate of drug-likeness (QED) is 0.589. The van der Waals surface area contributed by atoms with Gasteiger partial charge in [0.05, 0.1) is 13.2 Å². The largest absolute Gasteiger partial charge is 0.384 e. The molecular weight excluding hydrogens is 200 g/mol. The van der Waals surface area contributed by atoms with E-state index in [2.05, 4.69) is 27.7 Å². The predicted octanol–water partition coefficient (Wildman–Crippen LogP) is 3.89. The highest BCUT2D eigenvalue weighted by Crippen LogP contribution is 2.43. The molecule has 0 N–H and O–H groups in total. The Hall–Kier alpha value is -0.0800. The lowest BCUT2D eigenvalue weighted by molar-refractivity contribution is -0.0670. The normalized spacial score (nSPS) is 13.1. The van der Waals surface area contributed by atoms with E-state index in [0.29, 0.717) is 0 Å². The second-order valence-corrected chi connectivity index (χ2v) is 5.85. The highest BCUT2D eigenvalue weighted by molar-refractivity contribution is 4.90. The molecular formula is C14H30O2. The third-order valence-electron chi connectivity index (χ3n) is 3.69. The van der Waals surface area contributed by atoms with E-state index in [1.54, 1.807) is 14.2 Å². The first-order valence-corrected chi connectivity index (χ1v) is 6.41. The third-order valence-corrected chi connectivity index (χ3v) is 3.69. The highest BCUT2D eigenvalue weighted by Gasteiger charge is 2.41. The Labute approximate surface area is 102 Å². The molecule has 0 aliphatic carbocycles. The average molecular weight is 230 g/mol. The van der Waals surface area contributed by atoms with Gasteiger partial charge in [-0.3, -0.25) is 0 Å². The molecule has 2 nitrogen and oxygen atoms in total. The Morgan fingerprint density at radius 3 is 1.69 bits per heavy atom. The molecule has 0 atom stereocenters. The predicted molar refractivity (Wildman–Crippen MR) is 69.8 cm³/mol. The molecule has 0 saturated heterocycles. The molecule has 0 aromatic heterocycles. The van der Waals surface area contributed by atoms with Crippen LogP contribution >= 0.6 is 0 Å². The van der Waals surface area contributed by atoms with Gasteiger partial charge in [0.1, 0.15) is 0 Å². The minimum absolute atomic E-state index is 0.145. The van der Waals surface area contributed by atoms with Crippen LogP contribution in [0.5, 0.6) is 0 Å². The summed E-state index contributed by atoms with van der Waals surface area (Å²) in [5.41, 5.74) is 0.360. The minimum Gasteiger partial charge on any atom is -0.384 e. The Balaban J connectivity index is 4.65. The van der Waals surface area contributed by atoms with Crippen molar-refractivity contribution in [2.45, 2.75) is 53.4 Å². The molecule has 0 fully saturated rings. The fraction of sp³-hybridized carbons (Fsp3) is 1.00. The van der Waals surface area contributed by atoms with Gasteiger partial charge in [-0.1, -0.05) is 47.0 Å². The van der Waals surface area contributed by atoms with Gasteiger partial charge < -0.3 is 9.47 Å². The van der Waals surface area contributed by atoms with Crippen LogP contribution in [0.2, 0.25) is 0 Å². The molecule has 0 saturated carbocycles. The zero-order valence-electron chi connectivity index (χ0n) is 12.1. The first-order valence-electron chi connectivity index (χ1n) is 6.41. The van der Waals surface area contributed by atoms with Crippen LogP contribution in [0.1, 0.15) is 53.4 Å². The van der Waals surface area contributed by atoms with Crippen LogP contribution in [0, 0.1) is 10.8 Å². The molecule has 0 radical (unpaired) electrons. The first-order chi connectivity index (χ1) is 7.43. The van der Waals surface area contributed by atoms with Crippen molar-refractivity contribution >= 4 is 0 Å². The summed E-state index contributed by atoms with van der Waals surface area (Å²) in [6.45, 7) is 10.7. The van der Waals surface area contributed by atoms with Crippen LogP contribution < -0.4 is 0 Å². The lowest BCUT2D eigenvalue weighted by Crippen LogP contribution is -2.43. The molecule has 0 aliphatic heterocycles. The molecule has 16 heavy (non-hydrogen) atoms. The number of methoxy groups -OCH3 is 2. The first kappa shape index (κ1) is 15.9.